The number of hydrogen-bond donors (Lipinski definition) is 1. The maximum atomic E-state index is 5.45. The molecule has 0 radical (unpaired) electrons. The van der Waals surface area contributed by atoms with Gasteiger partial charge < -0.3 is 15.1 Å². The van der Waals surface area contributed by atoms with Crippen molar-refractivity contribution in [1.29, 1.82) is 0 Å². The molecule has 12 heavy (non-hydrogen) atoms. The second-order valence-electron chi connectivity index (χ2n) is 3.10. The van der Waals surface area contributed by atoms with Gasteiger partial charge in [-0.05, 0) is 19.3 Å². The van der Waals surface area contributed by atoms with Gasteiger partial charge in [0, 0.05) is 13.1 Å². The molecule has 0 saturated carbocycles. The number of nitrogen functional groups attached to an aromatic ring is 1. The van der Waals surface area contributed by atoms with Crippen LogP contribution in [0.25, 0.3) is 0 Å². The summed E-state index contributed by atoms with van der Waals surface area (Å²) in [6.07, 6.45) is 5.25. The topological polar surface area (TPSA) is 55.3 Å². The van der Waals surface area contributed by atoms with Crippen LogP contribution in [0.4, 0.5) is 11.8 Å². The smallest absolute Gasteiger partial charge is 0.299 e. The van der Waals surface area contributed by atoms with Crippen LogP contribution in [0.3, 0.4) is 0 Å². The number of oxazole rings is 1. The Bertz CT molecular complexity index is 253. The molecule has 2 rings (SSSR count). The molecule has 1 aliphatic heterocycles. The molecular weight excluding hydrogens is 154 g/mol. The minimum Gasteiger partial charge on any atom is -0.430 e. The lowest BCUT2D eigenvalue weighted by atomic mass is 10.1. The molecule has 0 bridgehead atoms. The minimum atomic E-state index is 0.468. The first-order chi connectivity index (χ1) is 5.86. The molecule has 1 aliphatic rings. The van der Waals surface area contributed by atoms with Gasteiger partial charge in [-0.3, -0.25) is 0 Å². The van der Waals surface area contributed by atoms with E-state index in [1.165, 1.54) is 25.5 Å². The van der Waals surface area contributed by atoms with Crippen LogP contribution in [-0.2, 0) is 0 Å². The lowest BCUT2D eigenvalue weighted by Crippen LogP contribution is -2.29. The SMILES string of the molecule is Nc1coc(N2CCCCC2)n1. The van der Waals surface area contributed by atoms with E-state index in [0.717, 1.165) is 13.1 Å². The first kappa shape index (κ1) is 7.46. The van der Waals surface area contributed by atoms with Crippen LogP contribution in [-0.4, -0.2) is 18.1 Å². The van der Waals surface area contributed by atoms with Crippen LogP contribution in [0, 0.1) is 0 Å². The normalized spacial score (nSPS) is 18.2. The van der Waals surface area contributed by atoms with Crippen molar-refractivity contribution in [2.75, 3.05) is 23.7 Å². The largest absolute Gasteiger partial charge is 0.430 e. The van der Waals surface area contributed by atoms with E-state index in [1.807, 2.05) is 0 Å². The van der Waals surface area contributed by atoms with Crippen LogP contribution in [0.5, 0.6) is 0 Å². The molecule has 0 aliphatic carbocycles. The minimum absolute atomic E-state index is 0.468. The highest BCUT2D eigenvalue weighted by molar-refractivity contribution is 5.35. The third-order valence-electron chi connectivity index (χ3n) is 2.14. The standard InChI is InChI=1S/C8H13N3O/c9-7-6-12-8(10-7)11-4-2-1-3-5-11/h6H,1-5,9H2. The Balaban J connectivity index is 2.08. The van der Waals surface area contributed by atoms with Gasteiger partial charge in [0.15, 0.2) is 5.82 Å². The molecule has 2 heterocycles. The summed E-state index contributed by atoms with van der Waals surface area (Å²) in [7, 11) is 0. The van der Waals surface area contributed by atoms with Gasteiger partial charge in [-0.25, -0.2) is 0 Å². The number of nitrogens with zero attached hydrogens (tertiary/aromatic N) is 2. The number of piperidine rings is 1. The van der Waals surface area contributed by atoms with Crippen LogP contribution >= 0.6 is 0 Å². The van der Waals surface area contributed by atoms with Crippen LogP contribution in [0.15, 0.2) is 10.7 Å². The van der Waals surface area contributed by atoms with E-state index in [1.54, 1.807) is 0 Å². The Hall–Kier alpha value is -1.19. The first-order valence-corrected chi connectivity index (χ1v) is 4.32. The van der Waals surface area contributed by atoms with E-state index in [-0.39, 0.29) is 0 Å². The van der Waals surface area contributed by atoms with E-state index in [2.05, 4.69) is 9.88 Å². The number of nitrogens with two attached hydrogens (primary N) is 1. The van der Waals surface area contributed by atoms with Gasteiger partial charge in [0.2, 0.25) is 0 Å². The zero-order chi connectivity index (χ0) is 8.39. The third-order valence-corrected chi connectivity index (χ3v) is 2.14. The van der Waals surface area contributed by atoms with E-state index in [9.17, 15) is 0 Å². The number of anilines is 2. The molecule has 1 fully saturated rings. The summed E-state index contributed by atoms with van der Waals surface area (Å²) in [4.78, 5) is 6.21. The first-order valence-electron chi connectivity index (χ1n) is 4.32. The summed E-state index contributed by atoms with van der Waals surface area (Å²) >= 11 is 0. The van der Waals surface area contributed by atoms with E-state index in [4.69, 9.17) is 10.2 Å². The maximum Gasteiger partial charge on any atom is 0.299 e. The molecule has 4 heteroatoms. The fourth-order valence-corrected chi connectivity index (χ4v) is 1.51. The van der Waals surface area contributed by atoms with E-state index >= 15 is 0 Å². The van der Waals surface area contributed by atoms with E-state index in [0.29, 0.717) is 11.8 Å². The van der Waals surface area contributed by atoms with Crippen molar-refractivity contribution < 1.29 is 4.42 Å². The Morgan fingerprint density at radius 1 is 1.33 bits per heavy atom. The fourth-order valence-electron chi connectivity index (χ4n) is 1.51. The van der Waals surface area contributed by atoms with Crippen LogP contribution in [0.2, 0.25) is 0 Å². The van der Waals surface area contributed by atoms with Gasteiger partial charge in [-0.2, -0.15) is 4.98 Å². The molecular formula is C8H13N3O. The molecule has 1 aromatic rings. The van der Waals surface area contributed by atoms with Gasteiger partial charge in [-0.1, -0.05) is 0 Å². The van der Waals surface area contributed by atoms with Crippen molar-refractivity contribution in [2.45, 2.75) is 19.3 Å². The third kappa shape index (κ3) is 1.37. The lowest BCUT2D eigenvalue weighted by Gasteiger charge is -2.24. The summed E-state index contributed by atoms with van der Waals surface area (Å²) in [5.74, 6) is 0.468. The second-order valence-corrected chi connectivity index (χ2v) is 3.10. The highest BCUT2D eigenvalue weighted by atomic mass is 16.4. The molecule has 66 valence electrons. The Labute approximate surface area is 71.4 Å². The molecule has 0 atom stereocenters. The van der Waals surface area contributed by atoms with Crippen molar-refractivity contribution in [3.63, 3.8) is 0 Å². The van der Waals surface area contributed by atoms with Crippen molar-refractivity contribution in [2.24, 2.45) is 0 Å². The van der Waals surface area contributed by atoms with Crippen molar-refractivity contribution in [3.8, 4) is 0 Å². The predicted octanol–water partition coefficient (Wildman–Crippen LogP) is 1.25. The highest BCUT2D eigenvalue weighted by Gasteiger charge is 2.14. The molecule has 1 aromatic heterocycles. The highest BCUT2D eigenvalue weighted by Crippen LogP contribution is 2.19. The Morgan fingerprint density at radius 2 is 2.08 bits per heavy atom. The van der Waals surface area contributed by atoms with Crippen molar-refractivity contribution >= 4 is 11.8 Å². The molecule has 0 spiro atoms. The van der Waals surface area contributed by atoms with Gasteiger partial charge in [0.05, 0.1) is 0 Å². The molecule has 0 amide bonds. The zero-order valence-corrected chi connectivity index (χ0v) is 6.99. The molecule has 2 N–H and O–H groups in total. The lowest BCUT2D eigenvalue weighted by molar-refractivity contribution is 0.492. The van der Waals surface area contributed by atoms with Gasteiger partial charge in [-0.15, -0.1) is 0 Å². The van der Waals surface area contributed by atoms with Crippen LogP contribution in [0.1, 0.15) is 19.3 Å². The van der Waals surface area contributed by atoms with Gasteiger partial charge in [0.25, 0.3) is 6.01 Å². The molecule has 0 aromatic carbocycles. The number of rotatable bonds is 1. The average Bonchev–Trinajstić information content (AvgIpc) is 2.54. The molecule has 4 nitrogen and oxygen atoms in total. The Morgan fingerprint density at radius 3 is 2.67 bits per heavy atom. The second kappa shape index (κ2) is 3.05. The molecule has 1 saturated heterocycles. The predicted molar refractivity (Wildman–Crippen MR) is 47.0 cm³/mol. The summed E-state index contributed by atoms with van der Waals surface area (Å²) in [5, 5.41) is 0. The zero-order valence-electron chi connectivity index (χ0n) is 6.99. The van der Waals surface area contributed by atoms with Gasteiger partial charge in [0.1, 0.15) is 6.26 Å². The van der Waals surface area contributed by atoms with Crippen molar-refractivity contribution in [1.82, 2.24) is 4.98 Å². The monoisotopic (exact) mass is 167 g/mol. The molecule has 0 unspecified atom stereocenters. The number of aromatic nitrogens is 1. The van der Waals surface area contributed by atoms with Gasteiger partial charge >= 0.3 is 0 Å². The maximum absolute atomic E-state index is 5.45. The summed E-state index contributed by atoms with van der Waals surface area (Å²) in [5.41, 5.74) is 5.45. The van der Waals surface area contributed by atoms with E-state index < -0.39 is 0 Å². The summed E-state index contributed by atoms with van der Waals surface area (Å²) < 4.78 is 5.19. The van der Waals surface area contributed by atoms with Crippen molar-refractivity contribution in [3.05, 3.63) is 6.26 Å². The quantitative estimate of drug-likeness (QED) is 0.683. The summed E-state index contributed by atoms with van der Waals surface area (Å²) in [6, 6.07) is 0.673. The number of hydrogen-bond acceptors (Lipinski definition) is 4. The summed E-state index contributed by atoms with van der Waals surface area (Å²) in [6.45, 7) is 2.08. The fraction of sp³-hybridized carbons (Fsp3) is 0.625. The van der Waals surface area contributed by atoms with Crippen LogP contribution < -0.4 is 10.6 Å². The average molecular weight is 167 g/mol. The Kier molecular flexibility index (Phi) is 1.89.